The zero-order valence-corrected chi connectivity index (χ0v) is 10.9. The van der Waals surface area contributed by atoms with Gasteiger partial charge in [0.05, 0.1) is 10.7 Å². The second-order valence-corrected chi connectivity index (χ2v) is 5.18. The van der Waals surface area contributed by atoms with E-state index in [4.69, 9.17) is 5.73 Å². The van der Waals surface area contributed by atoms with Crippen LogP contribution in [0.5, 0.6) is 0 Å². The molecule has 3 N–H and O–H groups in total. The van der Waals surface area contributed by atoms with Gasteiger partial charge in [0.2, 0.25) is 0 Å². The molecule has 0 radical (unpaired) electrons. The third kappa shape index (κ3) is 3.05. The van der Waals surface area contributed by atoms with E-state index in [9.17, 15) is 0 Å². The maximum Gasteiger partial charge on any atom is 0.0901 e. The Balaban J connectivity index is 2.22. The highest BCUT2D eigenvalue weighted by Crippen LogP contribution is 2.24. The fourth-order valence-electron chi connectivity index (χ4n) is 1.61. The van der Waals surface area contributed by atoms with Gasteiger partial charge in [-0.2, -0.15) is 0 Å². The van der Waals surface area contributed by atoms with Gasteiger partial charge in [0.15, 0.2) is 0 Å². The molecule has 17 heavy (non-hydrogen) atoms. The summed E-state index contributed by atoms with van der Waals surface area (Å²) in [6.07, 6.45) is 0. The normalized spacial score (nSPS) is 12.4. The Kier molecular flexibility index (Phi) is 3.76. The van der Waals surface area contributed by atoms with Gasteiger partial charge in [0, 0.05) is 29.2 Å². The first kappa shape index (κ1) is 12.1. The highest BCUT2D eigenvalue weighted by molar-refractivity contribution is 7.09. The fraction of sp³-hybridized carbons (Fsp3) is 0.308. The molecule has 0 saturated heterocycles. The first-order valence-electron chi connectivity index (χ1n) is 5.68. The van der Waals surface area contributed by atoms with Crippen molar-refractivity contribution in [2.45, 2.75) is 19.9 Å². The molecule has 1 heterocycles. The van der Waals surface area contributed by atoms with E-state index in [0.717, 1.165) is 22.0 Å². The molecule has 0 aliphatic rings. The minimum absolute atomic E-state index is 0.280. The van der Waals surface area contributed by atoms with E-state index in [2.05, 4.69) is 40.8 Å². The van der Waals surface area contributed by atoms with Gasteiger partial charge >= 0.3 is 0 Å². The zero-order chi connectivity index (χ0) is 12.3. The summed E-state index contributed by atoms with van der Waals surface area (Å²) in [6, 6.07) is 8.56. The summed E-state index contributed by atoms with van der Waals surface area (Å²) < 4.78 is 0. The number of thiazole rings is 1. The van der Waals surface area contributed by atoms with E-state index in [1.165, 1.54) is 0 Å². The number of hydrogen-bond donors (Lipinski definition) is 2. The second-order valence-electron chi connectivity index (χ2n) is 4.11. The molecule has 2 rings (SSSR count). The first-order chi connectivity index (χ1) is 8.19. The monoisotopic (exact) mass is 247 g/mol. The molecule has 3 nitrogen and oxygen atoms in total. The van der Waals surface area contributed by atoms with Crippen LogP contribution in [0, 0.1) is 6.92 Å². The van der Waals surface area contributed by atoms with E-state index in [-0.39, 0.29) is 6.04 Å². The Morgan fingerprint density at radius 1 is 1.47 bits per heavy atom. The van der Waals surface area contributed by atoms with Crippen molar-refractivity contribution in [1.29, 1.82) is 0 Å². The first-order valence-corrected chi connectivity index (χ1v) is 6.56. The number of rotatable bonds is 4. The summed E-state index contributed by atoms with van der Waals surface area (Å²) in [5.74, 6) is 0. The van der Waals surface area contributed by atoms with Crippen LogP contribution in [0.4, 0.5) is 5.69 Å². The summed E-state index contributed by atoms with van der Waals surface area (Å²) >= 11 is 1.67. The van der Waals surface area contributed by atoms with E-state index in [1.807, 2.05) is 13.0 Å². The third-order valence-electron chi connectivity index (χ3n) is 2.54. The van der Waals surface area contributed by atoms with Gasteiger partial charge in [-0.25, -0.2) is 4.98 Å². The van der Waals surface area contributed by atoms with E-state index < -0.39 is 0 Å². The summed E-state index contributed by atoms with van der Waals surface area (Å²) in [6.45, 7) is 4.71. The molecular weight excluding hydrogens is 230 g/mol. The number of nitrogens with zero attached hydrogens (tertiary/aromatic N) is 1. The Hall–Kier alpha value is -1.39. The number of nitrogens with two attached hydrogens (primary N) is 1. The molecule has 1 aromatic heterocycles. The smallest absolute Gasteiger partial charge is 0.0901 e. The summed E-state index contributed by atoms with van der Waals surface area (Å²) in [7, 11) is 0. The van der Waals surface area contributed by atoms with Crippen LogP contribution >= 0.6 is 11.3 Å². The Morgan fingerprint density at radius 2 is 2.29 bits per heavy atom. The highest BCUT2D eigenvalue weighted by atomic mass is 32.1. The molecule has 0 amide bonds. The van der Waals surface area contributed by atoms with Gasteiger partial charge in [-0.3, -0.25) is 0 Å². The molecule has 0 spiro atoms. The average molecular weight is 247 g/mol. The molecule has 1 unspecified atom stereocenters. The lowest BCUT2D eigenvalue weighted by molar-refractivity contribution is 0.804. The minimum atomic E-state index is 0.280. The van der Waals surface area contributed by atoms with Crippen molar-refractivity contribution in [3.05, 3.63) is 34.7 Å². The maximum absolute atomic E-state index is 5.60. The van der Waals surface area contributed by atoms with Crippen molar-refractivity contribution in [3.63, 3.8) is 0 Å². The predicted octanol–water partition coefficient (Wildman–Crippen LogP) is 2.88. The lowest BCUT2D eigenvalue weighted by Gasteiger charge is -2.13. The molecule has 1 aromatic carbocycles. The Bertz CT molecular complexity index is 493. The van der Waals surface area contributed by atoms with Gasteiger partial charge in [-0.1, -0.05) is 12.1 Å². The van der Waals surface area contributed by atoms with Crippen molar-refractivity contribution in [1.82, 2.24) is 4.98 Å². The third-order valence-corrected chi connectivity index (χ3v) is 3.32. The van der Waals surface area contributed by atoms with Crippen LogP contribution in [0.1, 0.15) is 11.9 Å². The standard InChI is InChI=1S/C13H17N3S/c1-9(7-14)15-12-5-3-4-11(6-12)13-8-17-10(2)16-13/h3-6,8-9,15H,7,14H2,1-2H3. The number of aromatic nitrogens is 1. The number of aryl methyl sites for hydroxylation is 1. The minimum Gasteiger partial charge on any atom is -0.381 e. The summed E-state index contributed by atoms with van der Waals surface area (Å²) in [5.41, 5.74) is 8.87. The van der Waals surface area contributed by atoms with E-state index in [1.54, 1.807) is 11.3 Å². The van der Waals surface area contributed by atoms with Crippen LogP contribution in [0.3, 0.4) is 0 Å². The molecule has 0 saturated carbocycles. The van der Waals surface area contributed by atoms with Crippen LogP contribution in [-0.4, -0.2) is 17.6 Å². The molecule has 1 atom stereocenters. The molecule has 4 heteroatoms. The molecule has 0 aliphatic carbocycles. The topological polar surface area (TPSA) is 50.9 Å². The van der Waals surface area contributed by atoms with Gasteiger partial charge in [-0.05, 0) is 26.0 Å². The van der Waals surface area contributed by atoms with Gasteiger partial charge in [-0.15, -0.1) is 11.3 Å². The Labute approximate surface area is 106 Å². The van der Waals surface area contributed by atoms with Crippen LogP contribution < -0.4 is 11.1 Å². The van der Waals surface area contributed by atoms with Crippen molar-refractivity contribution < 1.29 is 0 Å². The predicted molar refractivity (Wildman–Crippen MR) is 74.4 cm³/mol. The number of anilines is 1. The lowest BCUT2D eigenvalue weighted by Crippen LogP contribution is -2.25. The van der Waals surface area contributed by atoms with Gasteiger partial charge < -0.3 is 11.1 Å². The number of hydrogen-bond acceptors (Lipinski definition) is 4. The maximum atomic E-state index is 5.60. The Morgan fingerprint density at radius 3 is 2.94 bits per heavy atom. The molecule has 2 aromatic rings. The largest absolute Gasteiger partial charge is 0.381 e. The zero-order valence-electron chi connectivity index (χ0n) is 10.1. The second kappa shape index (κ2) is 5.29. The average Bonchev–Trinajstić information content (AvgIpc) is 2.76. The molecule has 0 aliphatic heterocycles. The van der Waals surface area contributed by atoms with E-state index in [0.29, 0.717) is 6.54 Å². The van der Waals surface area contributed by atoms with Crippen LogP contribution in [0.25, 0.3) is 11.3 Å². The molecular formula is C13H17N3S. The SMILES string of the molecule is Cc1nc(-c2cccc(NC(C)CN)c2)cs1. The van der Waals surface area contributed by atoms with E-state index >= 15 is 0 Å². The van der Waals surface area contributed by atoms with Gasteiger partial charge in [0.1, 0.15) is 0 Å². The number of nitrogens with one attached hydrogen (secondary N) is 1. The molecule has 0 fully saturated rings. The van der Waals surface area contributed by atoms with Gasteiger partial charge in [0.25, 0.3) is 0 Å². The van der Waals surface area contributed by atoms with Crippen LogP contribution in [0.2, 0.25) is 0 Å². The lowest BCUT2D eigenvalue weighted by atomic mass is 10.1. The van der Waals surface area contributed by atoms with Crippen molar-refractivity contribution in [2.24, 2.45) is 5.73 Å². The van der Waals surface area contributed by atoms with Crippen molar-refractivity contribution >= 4 is 17.0 Å². The van der Waals surface area contributed by atoms with Crippen molar-refractivity contribution in [3.8, 4) is 11.3 Å². The van der Waals surface area contributed by atoms with Crippen molar-refractivity contribution in [2.75, 3.05) is 11.9 Å². The van der Waals surface area contributed by atoms with Crippen LogP contribution in [0.15, 0.2) is 29.6 Å². The fourth-order valence-corrected chi connectivity index (χ4v) is 2.23. The summed E-state index contributed by atoms with van der Waals surface area (Å²) in [4.78, 5) is 4.49. The van der Waals surface area contributed by atoms with Crippen LogP contribution in [-0.2, 0) is 0 Å². The molecule has 0 bridgehead atoms. The quantitative estimate of drug-likeness (QED) is 0.873. The summed E-state index contributed by atoms with van der Waals surface area (Å²) in [5, 5.41) is 6.53. The highest BCUT2D eigenvalue weighted by Gasteiger charge is 2.04. The molecule has 90 valence electrons. The number of benzene rings is 1.